The van der Waals surface area contributed by atoms with Gasteiger partial charge in [-0.2, -0.15) is 0 Å². The average Bonchev–Trinajstić information content (AvgIpc) is 2.88. The minimum Gasteiger partial charge on any atom is -0.441 e. The van der Waals surface area contributed by atoms with Gasteiger partial charge >= 0.3 is 0 Å². The van der Waals surface area contributed by atoms with E-state index in [1.54, 1.807) is 0 Å². The van der Waals surface area contributed by atoms with Gasteiger partial charge in [-0.25, -0.2) is 4.98 Å². The Balaban J connectivity index is 1.66. The normalized spacial score (nSPS) is 16.9. The second-order valence-electron chi connectivity index (χ2n) is 5.53. The molecule has 1 saturated carbocycles. The lowest BCUT2D eigenvalue weighted by molar-refractivity contribution is 0.373. The van der Waals surface area contributed by atoms with Gasteiger partial charge in [0.05, 0.1) is 0 Å². The summed E-state index contributed by atoms with van der Waals surface area (Å²) < 4.78 is 5.63. The Bertz CT molecular complexity index is 541. The van der Waals surface area contributed by atoms with Crippen LogP contribution in [0.5, 0.6) is 0 Å². The van der Waals surface area contributed by atoms with Crippen molar-refractivity contribution in [3.05, 3.63) is 24.1 Å². The molecular weight excluding hydrogens is 236 g/mol. The van der Waals surface area contributed by atoms with Crippen LogP contribution in [-0.4, -0.2) is 11.5 Å². The molecule has 1 aromatic heterocycles. The molecule has 0 bridgehead atoms. The molecule has 0 spiro atoms. The average molecular weight is 258 g/mol. The van der Waals surface area contributed by atoms with E-state index in [-0.39, 0.29) is 0 Å². The van der Waals surface area contributed by atoms with Crippen molar-refractivity contribution >= 4 is 16.8 Å². The molecule has 19 heavy (non-hydrogen) atoms. The van der Waals surface area contributed by atoms with Gasteiger partial charge in [0.15, 0.2) is 11.5 Å². The maximum atomic E-state index is 5.63. The zero-order valence-corrected chi connectivity index (χ0v) is 11.6. The Morgan fingerprint density at radius 1 is 1.26 bits per heavy atom. The molecule has 3 heteroatoms. The summed E-state index contributed by atoms with van der Waals surface area (Å²) in [6, 6.07) is 6.21. The van der Waals surface area contributed by atoms with Gasteiger partial charge < -0.3 is 9.73 Å². The molecule has 1 aliphatic rings. The van der Waals surface area contributed by atoms with Crippen molar-refractivity contribution in [2.75, 3.05) is 11.9 Å². The van der Waals surface area contributed by atoms with Crippen molar-refractivity contribution in [2.45, 2.75) is 45.4 Å². The van der Waals surface area contributed by atoms with Crippen molar-refractivity contribution in [2.24, 2.45) is 5.92 Å². The highest BCUT2D eigenvalue weighted by atomic mass is 16.3. The van der Waals surface area contributed by atoms with E-state index in [0.29, 0.717) is 0 Å². The number of nitrogens with zero attached hydrogens (tertiary/aromatic N) is 1. The lowest BCUT2D eigenvalue weighted by Crippen LogP contribution is -2.16. The highest BCUT2D eigenvalue weighted by molar-refractivity contribution is 5.77. The zero-order chi connectivity index (χ0) is 13.1. The summed E-state index contributed by atoms with van der Waals surface area (Å²) in [5.41, 5.74) is 3.01. The van der Waals surface area contributed by atoms with E-state index >= 15 is 0 Å². The fourth-order valence-corrected chi connectivity index (χ4v) is 2.89. The smallest absolute Gasteiger partial charge is 0.195 e. The van der Waals surface area contributed by atoms with Gasteiger partial charge in [-0.05, 0) is 37.0 Å². The number of fused-ring (bicyclic) bond motifs is 1. The molecule has 0 unspecified atom stereocenters. The van der Waals surface area contributed by atoms with Crippen LogP contribution in [0.3, 0.4) is 0 Å². The maximum Gasteiger partial charge on any atom is 0.195 e. The standard InChI is InChI=1S/C16H22N2O/c1-2-16-18-14-10-13(8-9-15(14)19-16)17-11-12-6-4-3-5-7-12/h8-10,12,17H,2-7,11H2,1H3. The van der Waals surface area contributed by atoms with E-state index in [1.165, 1.54) is 32.1 Å². The molecule has 1 aromatic carbocycles. The third-order valence-corrected chi connectivity index (χ3v) is 4.05. The van der Waals surface area contributed by atoms with Crippen LogP contribution in [0.1, 0.15) is 44.9 Å². The van der Waals surface area contributed by atoms with Crippen molar-refractivity contribution in [3.63, 3.8) is 0 Å². The first kappa shape index (κ1) is 12.5. The number of hydrogen-bond donors (Lipinski definition) is 1. The zero-order valence-electron chi connectivity index (χ0n) is 11.6. The number of nitrogens with one attached hydrogen (secondary N) is 1. The first-order chi connectivity index (χ1) is 9.35. The summed E-state index contributed by atoms with van der Waals surface area (Å²) in [7, 11) is 0. The highest BCUT2D eigenvalue weighted by Gasteiger charge is 2.13. The Kier molecular flexibility index (Phi) is 3.72. The van der Waals surface area contributed by atoms with Crippen LogP contribution in [0.15, 0.2) is 22.6 Å². The largest absolute Gasteiger partial charge is 0.441 e. The molecular formula is C16H22N2O. The highest BCUT2D eigenvalue weighted by Crippen LogP contribution is 2.25. The van der Waals surface area contributed by atoms with E-state index in [4.69, 9.17) is 4.42 Å². The second-order valence-corrected chi connectivity index (χ2v) is 5.53. The molecule has 0 aliphatic heterocycles. The van der Waals surface area contributed by atoms with Crippen molar-refractivity contribution < 1.29 is 4.42 Å². The number of benzene rings is 1. The molecule has 1 N–H and O–H groups in total. The number of anilines is 1. The molecule has 0 amide bonds. The fraction of sp³-hybridized carbons (Fsp3) is 0.562. The number of rotatable bonds is 4. The van der Waals surface area contributed by atoms with Gasteiger partial charge in [0, 0.05) is 18.7 Å². The van der Waals surface area contributed by atoms with Crippen LogP contribution in [0, 0.1) is 5.92 Å². The van der Waals surface area contributed by atoms with Crippen LogP contribution in [-0.2, 0) is 6.42 Å². The number of hydrogen-bond acceptors (Lipinski definition) is 3. The van der Waals surface area contributed by atoms with E-state index in [1.807, 2.05) is 6.07 Å². The van der Waals surface area contributed by atoms with Crippen LogP contribution >= 0.6 is 0 Å². The molecule has 0 saturated heterocycles. The van der Waals surface area contributed by atoms with Gasteiger partial charge in [-0.3, -0.25) is 0 Å². The molecule has 2 aromatic rings. The van der Waals surface area contributed by atoms with Crippen molar-refractivity contribution in [3.8, 4) is 0 Å². The Morgan fingerprint density at radius 2 is 2.11 bits per heavy atom. The molecule has 0 atom stereocenters. The quantitative estimate of drug-likeness (QED) is 0.884. The Hall–Kier alpha value is -1.51. The van der Waals surface area contributed by atoms with Gasteiger partial charge in [0.2, 0.25) is 0 Å². The lowest BCUT2D eigenvalue weighted by Gasteiger charge is -2.22. The Morgan fingerprint density at radius 3 is 2.89 bits per heavy atom. The van der Waals surface area contributed by atoms with Gasteiger partial charge in [-0.1, -0.05) is 26.2 Å². The van der Waals surface area contributed by atoms with Crippen molar-refractivity contribution in [1.29, 1.82) is 0 Å². The van der Waals surface area contributed by atoms with Crippen LogP contribution in [0.25, 0.3) is 11.1 Å². The molecule has 1 heterocycles. The molecule has 3 nitrogen and oxygen atoms in total. The Labute approximate surface area is 114 Å². The van der Waals surface area contributed by atoms with Crippen LogP contribution in [0.4, 0.5) is 5.69 Å². The predicted molar refractivity (Wildman–Crippen MR) is 78.5 cm³/mol. The van der Waals surface area contributed by atoms with E-state index in [0.717, 1.165) is 41.6 Å². The van der Waals surface area contributed by atoms with Gasteiger partial charge in [0.25, 0.3) is 0 Å². The monoisotopic (exact) mass is 258 g/mol. The van der Waals surface area contributed by atoms with Gasteiger partial charge in [-0.15, -0.1) is 0 Å². The lowest BCUT2D eigenvalue weighted by atomic mass is 9.89. The molecule has 102 valence electrons. The van der Waals surface area contributed by atoms with E-state index < -0.39 is 0 Å². The summed E-state index contributed by atoms with van der Waals surface area (Å²) in [5, 5.41) is 3.55. The number of aromatic nitrogens is 1. The van der Waals surface area contributed by atoms with Crippen LogP contribution in [0.2, 0.25) is 0 Å². The van der Waals surface area contributed by atoms with E-state index in [9.17, 15) is 0 Å². The number of oxazole rings is 1. The third kappa shape index (κ3) is 2.91. The van der Waals surface area contributed by atoms with E-state index in [2.05, 4.69) is 29.4 Å². The maximum absolute atomic E-state index is 5.63. The molecule has 1 aliphatic carbocycles. The molecule has 1 fully saturated rings. The fourth-order valence-electron chi connectivity index (χ4n) is 2.89. The first-order valence-electron chi connectivity index (χ1n) is 7.48. The summed E-state index contributed by atoms with van der Waals surface area (Å²) >= 11 is 0. The summed E-state index contributed by atoms with van der Waals surface area (Å²) in [4.78, 5) is 4.48. The van der Waals surface area contributed by atoms with Gasteiger partial charge in [0.1, 0.15) is 5.52 Å². The topological polar surface area (TPSA) is 38.1 Å². The first-order valence-corrected chi connectivity index (χ1v) is 7.48. The third-order valence-electron chi connectivity index (χ3n) is 4.05. The van der Waals surface area contributed by atoms with Crippen LogP contribution < -0.4 is 5.32 Å². The SMILES string of the molecule is CCc1nc2cc(NCC3CCCCC3)ccc2o1. The summed E-state index contributed by atoms with van der Waals surface area (Å²) in [5.74, 6) is 1.66. The summed E-state index contributed by atoms with van der Waals surface area (Å²) in [6.07, 6.45) is 7.81. The second kappa shape index (κ2) is 5.64. The predicted octanol–water partition coefficient (Wildman–Crippen LogP) is 4.38. The minimum absolute atomic E-state index is 0.819. The van der Waals surface area contributed by atoms with Crippen molar-refractivity contribution in [1.82, 2.24) is 4.98 Å². The molecule has 0 radical (unpaired) electrons. The minimum atomic E-state index is 0.819. The number of aryl methyl sites for hydroxylation is 1. The summed E-state index contributed by atoms with van der Waals surface area (Å²) in [6.45, 7) is 3.15. The molecule has 3 rings (SSSR count).